The Morgan fingerprint density at radius 2 is 0.850 bits per heavy atom. The van der Waals surface area contributed by atoms with Crippen molar-refractivity contribution in [2.75, 3.05) is 0 Å². The SMILES string of the molecule is CC1(C)c2ccccc2-c2ccc(-c3ccc4oc5cccc(-c6nc(-c7cccc8c7oc7ccccc78)nc(-c7cccc8oc9ccccc9c78)n6)c5c4c3)cc21. The summed E-state index contributed by atoms with van der Waals surface area (Å²) in [6.07, 6.45) is 0. The Balaban J connectivity index is 1.04. The molecular formula is C54H33N3O3. The number of nitrogens with zero attached hydrogens (tertiary/aromatic N) is 3. The molecule has 4 aromatic heterocycles. The second kappa shape index (κ2) is 12.1. The van der Waals surface area contributed by atoms with E-state index in [1.165, 1.54) is 22.3 Å². The molecule has 0 aliphatic heterocycles. The average Bonchev–Trinajstić information content (AvgIpc) is 4.04. The number of hydrogen-bond donors (Lipinski definition) is 0. The minimum atomic E-state index is -0.102. The van der Waals surface area contributed by atoms with Gasteiger partial charge in [-0.1, -0.05) is 129 Å². The molecule has 13 rings (SSSR count). The molecule has 0 amide bonds. The molecule has 0 saturated heterocycles. The number of furan rings is 3. The highest BCUT2D eigenvalue weighted by molar-refractivity contribution is 6.14. The zero-order chi connectivity index (χ0) is 39.7. The lowest BCUT2D eigenvalue weighted by Gasteiger charge is -2.22. The monoisotopic (exact) mass is 771 g/mol. The maximum atomic E-state index is 6.57. The Kier molecular flexibility index (Phi) is 6.69. The first kappa shape index (κ1) is 33.2. The van der Waals surface area contributed by atoms with Gasteiger partial charge in [-0.2, -0.15) is 0 Å². The normalized spacial score (nSPS) is 13.3. The number of rotatable bonds is 4. The summed E-state index contributed by atoms with van der Waals surface area (Å²) >= 11 is 0. The fourth-order valence-corrected chi connectivity index (χ4v) is 9.70. The summed E-state index contributed by atoms with van der Waals surface area (Å²) in [5, 5.41) is 5.94. The van der Waals surface area contributed by atoms with Crippen molar-refractivity contribution in [2.24, 2.45) is 0 Å². The van der Waals surface area contributed by atoms with Crippen LogP contribution >= 0.6 is 0 Å². The predicted molar refractivity (Wildman–Crippen MR) is 241 cm³/mol. The summed E-state index contributed by atoms with van der Waals surface area (Å²) in [5.74, 6) is 1.58. The van der Waals surface area contributed by atoms with Crippen LogP contribution in [0.3, 0.4) is 0 Å². The fourth-order valence-electron chi connectivity index (χ4n) is 9.70. The topological polar surface area (TPSA) is 78.1 Å². The highest BCUT2D eigenvalue weighted by Crippen LogP contribution is 2.50. The Morgan fingerprint density at radius 3 is 1.62 bits per heavy atom. The lowest BCUT2D eigenvalue weighted by molar-refractivity contribution is 0.660. The van der Waals surface area contributed by atoms with E-state index in [2.05, 4.69) is 105 Å². The summed E-state index contributed by atoms with van der Waals surface area (Å²) in [6, 6.07) is 56.6. The van der Waals surface area contributed by atoms with Crippen LogP contribution in [0.4, 0.5) is 0 Å². The molecule has 0 atom stereocenters. The quantitative estimate of drug-likeness (QED) is 0.177. The number of aromatic nitrogens is 3. The molecule has 8 aromatic carbocycles. The molecule has 0 radical (unpaired) electrons. The molecule has 60 heavy (non-hydrogen) atoms. The molecule has 0 N–H and O–H groups in total. The van der Waals surface area contributed by atoms with E-state index in [1.807, 2.05) is 72.8 Å². The van der Waals surface area contributed by atoms with Gasteiger partial charge in [-0.25, -0.2) is 15.0 Å². The van der Waals surface area contributed by atoms with Crippen molar-refractivity contribution in [1.29, 1.82) is 0 Å². The highest BCUT2D eigenvalue weighted by Gasteiger charge is 2.35. The lowest BCUT2D eigenvalue weighted by atomic mass is 9.81. The van der Waals surface area contributed by atoms with Crippen LogP contribution in [0, 0.1) is 0 Å². The third-order valence-electron chi connectivity index (χ3n) is 12.6. The van der Waals surface area contributed by atoms with E-state index in [-0.39, 0.29) is 5.41 Å². The first-order valence-electron chi connectivity index (χ1n) is 20.3. The number of fused-ring (bicyclic) bond motifs is 12. The molecule has 1 aliphatic carbocycles. The van der Waals surface area contributed by atoms with Gasteiger partial charge in [0.25, 0.3) is 0 Å². The Morgan fingerprint density at radius 1 is 0.350 bits per heavy atom. The second-order valence-electron chi connectivity index (χ2n) is 16.3. The van der Waals surface area contributed by atoms with Gasteiger partial charge in [0.05, 0.1) is 5.56 Å². The van der Waals surface area contributed by atoms with Crippen LogP contribution in [0.1, 0.15) is 25.0 Å². The smallest absolute Gasteiger partial charge is 0.167 e. The molecule has 12 aromatic rings. The second-order valence-corrected chi connectivity index (χ2v) is 16.3. The summed E-state index contributed by atoms with van der Waals surface area (Å²) < 4.78 is 19.4. The summed E-state index contributed by atoms with van der Waals surface area (Å²) in [7, 11) is 0. The third kappa shape index (κ3) is 4.67. The van der Waals surface area contributed by atoms with Gasteiger partial charge in [0, 0.05) is 48.9 Å². The van der Waals surface area contributed by atoms with E-state index < -0.39 is 0 Å². The first-order valence-corrected chi connectivity index (χ1v) is 20.3. The molecular weight excluding hydrogens is 739 g/mol. The predicted octanol–water partition coefficient (Wildman–Crippen LogP) is 14.5. The van der Waals surface area contributed by atoms with Crippen molar-refractivity contribution in [2.45, 2.75) is 19.3 Å². The van der Waals surface area contributed by atoms with E-state index >= 15 is 0 Å². The Bertz CT molecular complexity index is 3770. The van der Waals surface area contributed by atoms with Crippen LogP contribution in [0.2, 0.25) is 0 Å². The Hall–Kier alpha value is -7.83. The minimum Gasteiger partial charge on any atom is -0.456 e. The molecule has 282 valence electrons. The van der Waals surface area contributed by atoms with Gasteiger partial charge in [0.15, 0.2) is 17.5 Å². The number of hydrogen-bond acceptors (Lipinski definition) is 6. The van der Waals surface area contributed by atoms with Crippen LogP contribution < -0.4 is 0 Å². The van der Waals surface area contributed by atoms with Gasteiger partial charge >= 0.3 is 0 Å². The summed E-state index contributed by atoms with van der Waals surface area (Å²) in [6.45, 7) is 4.64. The van der Waals surface area contributed by atoms with Crippen molar-refractivity contribution < 1.29 is 13.3 Å². The molecule has 0 fully saturated rings. The van der Waals surface area contributed by atoms with E-state index in [1.54, 1.807) is 0 Å². The van der Waals surface area contributed by atoms with E-state index in [4.69, 9.17) is 28.2 Å². The van der Waals surface area contributed by atoms with Crippen LogP contribution in [0.5, 0.6) is 0 Å². The average molecular weight is 772 g/mol. The highest BCUT2D eigenvalue weighted by atomic mass is 16.3. The van der Waals surface area contributed by atoms with E-state index in [0.717, 1.165) is 93.6 Å². The maximum absolute atomic E-state index is 6.57. The molecule has 6 nitrogen and oxygen atoms in total. The van der Waals surface area contributed by atoms with Gasteiger partial charge in [-0.05, 0) is 81.9 Å². The molecule has 0 bridgehead atoms. The van der Waals surface area contributed by atoms with Crippen LogP contribution in [0.25, 0.3) is 122 Å². The molecule has 1 aliphatic rings. The summed E-state index contributed by atoms with van der Waals surface area (Å²) in [4.78, 5) is 15.9. The number of benzene rings is 8. The molecule has 0 spiro atoms. The molecule has 0 saturated carbocycles. The Labute approximate surface area is 343 Å². The van der Waals surface area contributed by atoms with Gasteiger partial charge in [0.1, 0.15) is 33.5 Å². The van der Waals surface area contributed by atoms with Gasteiger partial charge < -0.3 is 13.3 Å². The molecule has 6 heteroatoms. The lowest BCUT2D eigenvalue weighted by Crippen LogP contribution is -2.14. The standard InChI is InChI=1S/C54H33N3O3/c1-54(2)41-19-6-3-12-32(41)33-26-24-31(29-42(33)54)30-25-27-45-40(28-30)49-38(17-11-23-47(49)59-45)52-55-51(37-16-10-22-46-48(37)36-14-5-8-21-44(36)58-46)56-53(57-52)39-18-9-15-35-34-13-4-7-20-43(34)60-50(35)39/h3-29H,1-2H3. The largest absolute Gasteiger partial charge is 0.456 e. The zero-order valence-corrected chi connectivity index (χ0v) is 32.7. The van der Waals surface area contributed by atoms with E-state index in [9.17, 15) is 0 Å². The van der Waals surface area contributed by atoms with Crippen molar-refractivity contribution in [3.8, 4) is 56.4 Å². The molecule has 0 unspecified atom stereocenters. The summed E-state index contributed by atoms with van der Waals surface area (Å²) in [5.41, 5.74) is 14.6. The fraction of sp³-hybridized carbons (Fsp3) is 0.0556. The zero-order valence-electron chi connectivity index (χ0n) is 32.7. The van der Waals surface area contributed by atoms with Crippen molar-refractivity contribution in [1.82, 2.24) is 15.0 Å². The third-order valence-corrected chi connectivity index (χ3v) is 12.6. The minimum absolute atomic E-state index is 0.102. The van der Waals surface area contributed by atoms with Crippen molar-refractivity contribution in [3.05, 3.63) is 175 Å². The van der Waals surface area contributed by atoms with Gasteiger partial charge in [-0.15, -0.1) is 0 Å². The van der Waals surface area contributed by atoms with E-state index in [0.29, 0.717) is 17.5 Å². The molecule has 4 heterocycles. The first-order chi connectivity index (χ1) is 29.5. The van der Waals surface area contributed by atoms with Crippen LogP contribution in [0.15, 0.2) is 177 Å². The van der Waals surface area contributed by atoms with Crippen LogP contribution in [-0.2, 0) is 5.41 Å². The van der Waals surface area contributed by atoms with Crippen molar-refractivity contribution >= 4 is 65.8 Å². The van der Waals surface area contributed by atoms with Crippen molar-refractivity contribution in [3.63, 3.8) is 0 Å². The maximum Gasteiger partial charge on any atom is 0.167 e. The van der Waals surface area contributed by atoms with Crippen LogP contribution in [-0.4, -0.2) is 15.0 Å². The van der Waals surface area contributed by atoms with Gasteiger partial charge in [0.2, 0.25) is 0 Å². The van der Waals surface area contributed by atoms with Gasteiger partial charge in [-0.3, -0.25) is 0 Å². The number of para-hydroxylation sites is 3.